The SMILES string of the molecule is O=C(O)CC[C@@H]1CCCCN1C(=O)[C@@H]1CC(=O)N(Cc2ccco2)C1. The number of carboxylic acids is 1. The fourth-order valence-corrected chi connectivity index (χ4v) is 3.80. The summed E-state index contributed by atoms with van der Waals surface area (Å²) in [5, 5.41) is 8.91. The van der Waals surface area contributed by atoms with Crippen molar-refractivity contribution < 1.29 is 23.9 Å². The summed E-state index contributed by atoms with van der Waals surface area (Å²) in [5.74, 6) is -0.510. The van der Waals surface area contributed by atoms with Gasteiger partial charge >= 0.3 is 5.97 Å². The van der Waals surface area contributed by atoms with Crippen molar-refractivity contribution >= 4 is 17.8 Å². The lowest BCUT2D eigenvalue weighted by Crippen LogP contribution is -2.47. The summed E-state index contributed by atoms with van der Waals surface area (Å²) in [7, 11) is 0. The maximum Gasteiger partial charge on any atom is 0.303 e. The van der Waals surface area contributed by atoms with Crippen LogP contribution in [0.2, 0.25) is 0 Å². The van der Waals surface area contributed by atoms with Crippen LogP contribution >= 0.6 is 0 Å². The minimum Gasteiger partial charge on any atom is -0.481 e. The zero-order chi connectivity index (χ0) is 17.8. The molecule has 7 heteroatoms. The Bertz CT molecular complexity index is 627. The molecule has 3 heterocycles. The summed E-state index contributed by atoms with van der Waals surface area (Å²) in [5.41, 5.74) is 0. The highest BCUT2D eigenvalue weighted by Crippen LogP contribution is 2.27. The number of rotatable bonds is 6. The second-order valence-corrected chi connectivity index (χ2v) is 6.87. The molecule has 0 spiro atoms. The van der Waals surface area contributed by atoms with Gasteiger partial charge in [0.2, 0.25) is 11.8 Å². The second-order valence-electron chi connectivity index (χ2n) is 6.87. The smallest absolute Gasteiger partial charge is 0.303 e. The number of carbonyl (C=O) groups excluding carboxylic acids is 2. The van der Waals surface area contributed by atoms with Crippen molar-refractivity contribution in [3.8, 4) is 0 Å². The van der Waals surface area contributed by atoms with Crippen molar-refractivity contribution in [1.29, 1.82) is 0 Å². The molecule has 136 valence electrons. The van der Waals surface area contributed by atoms with E-state index in [0.717, 1.165) is 19.3 Å². The molecule has 25 heavy (non-hydrogen) atoms. The average Bonchev–Trinajstić information content (AvgIpc) is 3.23. The fourth-order valence-electron chi connectivity index (χ4n) is 3.80. The number of amides is 2. The summed E-state index contributed by atoms with van der Waals surface area (Å²) < 4.78 is 5.28. The molecular formula is C18H24N2O5. The number of likely N-dealkylation sites (tertiary alicyclic amines) is 2. The topological polar surface area (TPSA) is 91.1 Å². The molecule has 1 aromatic heterocycles. The van der Waals surface area contributed by atoms with Gasteiger partial charge in [-0.1, -0.05) is 0 Å². The van der Waals surface area contributed by atoms with Gasteiger partial charge in [0.1, 0.15) is 5.76 Å². The van der Waals surface area contributed by atoms with E-state index in [4.69, 9.17) is 9.52 Å². The summed E-state index contributed by atoms with van der Waals surface area (Å²) in [6, 6.07) is 3.57. The van der Waals surface area contributed by atoms with E-state index in [1.54, 1.807) is 17.2 Å². The molecule has 1 N–H and O–H groups in total. The molecule has 2 amide bonds. The first-order chi connectivity index (χ1) is 12.0. The zero-order valence-electron chi connectivity index (χ0n) is 14.2. The zero-order valence-corrected chi connectivity index (χ0v) is 14.2. The minimum absolute atomic E-state index is 0.00890. The Labute approximate surface area is 146 Å². The van der Waals surface area contributed by atoms with Crippen LogP contribution in [0.4, 0.5) is 0 Å². The molecule has 2 aliphatic heterocycles. The minimum atomic E-state index is -0.835. The number of hydrogen-bond donors (Lipinski definition) is 1. The van der Waals surface area contributed by atoms with Crippen LogP contribution in [0.15, 0.2) is 22.8 Å². The number of aliphatic carboxylic acids is 1. The van der Waals surface area contributed by atoms with Gasteiger partial charge < -0.3 is 19.3 Å². The Morgan fingerprint density at radius 1 is 1.32 bits per heavy atom. The van der Waals surface area contributed by atoms with Crippen LogP contribution in [0.3, 0.4) is 0 Å². The first-order valence-corrected chi connectivity index (χ1v) is 8.87. The quantitative estimate of drug-likeness (QED) is 0.847. The lowest BCUT2D eigenvalue weighted by molar-refractivity contribution is -0.142. The fraction of sp³-hybridized carbons (Fsp3) is 0.611. The van der Waals surface area contributed by atoms with E-state index in [0.29, 0.717) is 31.8 Å². The average molecular weight is 348 g/mol. The third-order valence-corrected chi connectivity index (χ3v) is 5.09. The van der Waals surface area contributed by atoms with Crippen LogP contribution in [0.1, 0.15) is 44.3 Å². The van der Waals surface area contributed by atoms with Gasteiger partial charge in [-0.3, -0.25) is 14.4 Å². The first kappa shape index (κ1) is 17.5. The number of hydrogen-bond acceptors (Lipinski definition) is 4. The van der Waals surface area contributed by atoms with E-state index in [1.807, 2.05) is 11.0 Å². The van der Waals surface area contributed by atoms with Crippen molar-refractivity contribution in [3.05, 3.63) is 24.2 Å². The van der Waals surface area contributed by atoms with E-state index < -0.39 is 5.97 Å². The van der Waals surface area contributed by atoms with Crippen LogP contribution in [0.25, 0.3) is 0 Å². The Kier molecular flexibility index (Phi) is 5.40. The molecule has 0 bridgehead atoms. The van der Waals surface area contributed by atoms with E-state index in [1.165, 1.54) is 0 Å². The highest BCUT2D eigenvalue weighted by atomic mass is 16.4. The molecule has 0 aromatic carbocycles. The second kappa shape index (κ2) is 7.72. The van der Waals surface area contributed by atoms with Gasteiger partial charge in [-0.05, 0) is 37.8 Å². The van der Waals surface area contributed by atoms with Crippen molar-refractivity contribution in [2.24, 2.45) is 5.92 Å². The summed E-state index contributed by atoms with van der Waals surface area (Å²) in [6.07, 6.45) is 5.14. The predicted molar refractivity (Wildman–Crippen MR) is 88.5 cm³/mol. The number of piperidine rings is 1. The Balaban J connectivity index is 1.61. The van der Waals surface area contributed by atoms with E-state index in [9.17, 15) is 14.4 Å². The first-order valence-electron chi connectivity index (χ1n) is 8.87. The maximum absolute atomic E-state index is 12.9. The molecule has 3 rings (SSSR count). The van der Waals surface area contributed by atoms with Crippen molar-refractivity contribution in [2.75, 3.05) is 13.1 Å². The molecule has 0 unspecified atom stereocenters. The van der Waals surface area contributed by atoms with Gasteiger partial charge in [-0.25, -0.2) is 0 Å². The van der Waals surface area contributed by atoms with Gasteiger partial charge in [0.25, 0.3) is 0 Å². The number of carbonyl (C=O) groups is 3. The third-order valence-electron chi connectivity index (χ3n) is 5.09. The van der Waals surface area contributed by atoms with Crippen molar-refractivity contribution in [2.45, 2.75) is 51.1 Å². The number of furan rings is 1. The summed E-state index contributed by atoms with van der Waals surface area (Å²) >= 11 is 0. The third kappa shape index (κ3) is 4.21. The highest BCUT2D eigenvalue weighted by Gasteiger charge is 2.39. The van der Waals surface area contributed by atoms with Gasteiger partial charge in [0.05, 0.1) is 18.7 Å². The van der Waals surface area contributed by atoms with Crippen LogP contribution in [0.5, 0.6) is 0 Å². The molecule has 0 aliphatic carbocycles. The molecule has 7 nitrogen and oxygen atoms in total. The summed E-state index contributed by atoms with van der Waals surface area (Å²) in [4.78, 5) is 39.5. The summed E-state index contributed by atoms with van der Waals surface area (Å²) in [6.45, 7) is 1.45. The lowest BCUT2D eigenvalue weighted by atomic mass is 9.95. The molecule has 2 saturated heterocycles. The van der Waals surface area contributed by atoms with Crippen molar-refractivity contribution in [1.82, 2.24) is 9.80 Å². The van der Waals surface area contributed by atoms with Gasteiger partial charge in [-0.15, -0.1) is 0 Å². The molecule has 2 atom stereocenters. The van der Waals surface area contributed by atoms with Gasteiger partial charge in [0, 0.05) is 32.0 Å². The lowest BCUT2D eigenvalue weighted by Gasteiger charge is -2.37. The van der Waals surface area contributed by atoms with Crippen LogP contribution < -0.4 is 0 Å². The monoisotopic (exact) mass is 348 g/mol. The normalized spacial score (nSPS) is 23.9. The Morgan fingerprint density at radius 2 is 2.16 bits per heavy atom. The number of nitrogens with zero attached hydrogens (tertiary/aromatic N) is 2. The molecule has 2 fully saturated rings. The predicted octanol–water partition coefficient (Wildman–Crippen LogP) is 1.87. The number of carboxylic acid groups (broad SMARTS) is 1. The Hall–Kier alpha value is -2.31. The van der Waals surface area contributed by atoms with Crippen LogP contribution in [-0.2, 0) is 20.9 Å². The molecule has 0 saturated carbocycles. The maximum atomic E-state index is 12.9. The highest BCUT2D eigenvalue weighted by molar-refractivity contribution is 5.89. The molecular weight excluding hydrogens is 324 g/mol. The molecule has 0 radical (unpaired) electrons. The largest absolute Gasteiger partial charge is 0.481 e. The van der Waals surface area contributed by atoms with Gasteiger partial charge in [0.15, 0.2) is 0 Å². The molecule has 1 aromatic rings. The van der Waals surface area contributed by atoms with E-state index >= 15 is 0 Å². The Morgan fingerprint density at radius 3 is 2.88 bits per heavy atom. The standard InChI is InChI=1S/C18H24N2O5/c21-16-10-13(11-19(16)12-15-5-3-9-25-15)18(24)20-8-2-1-4-14(20)6-7-17(22)23/h3,5,9,13-14H,1-2,4,6-8,10-12H2,(H,22,23)/t13-,14+/m1/s1. The van der Waals surface area contributed by atoms with Crippen LogP contribution in [0, 0.1) is 5.92 Å². The van der Waals surface area contributed by atoms with Crippen LogP contribution in [-0.4, -0.2) is 51.8 Å². The van der Waals surface area contributed by atoms with Crippen molar-refractivity contribution in [3.63, 3.8) is 0 Å². The molecule has 2 aliphatic rings. The van der Waals surface area contributed by atoms with E-state index in [-0.39, 0.29) is 36.6 Å². The van der Waals surface area contributed by atoms with Gasteiger partial charge in [-0.2, -0.15) is 0 Å². The van der Waals surface area contributed by atoms with E-state index in [2.05, 4.69) is 0 Å².